The number of aromatic nitrogens is 2. The van der Waals surface area contributed by atoms with Gasteiger partial charge in [-0.2, -0.15) is 0 Å². The molecule has 0 amide bonds. The molecule has 40 heteroatoms. The summed E-state index contributed by atoms with van der Waals surface area (Å²) in [6.07, 6.45) is -29.1. The number of benzene rings is 11. The van der Waals surface area contributed by atoms with Gasteiger partial charge in [-0.3, -0.25) is 0 Å². The highest BCUT2D eigenvalue weighted by atomic mass is 32.2. The number of imidazole rings is 1. The van der Waals surface area contributed by atoms with Crippen molar-refractivity contribution in [3.8, 4) is 40.2 Å². The number of nitrogens with one attached hydrogen (secondary N) is 3. The molecule has 1 heterocycles. The smallest absolute Gasteiger partial charge is 0.497 e. The van der Waals surface area contributed by atoms with E-state index in [4.69, 9.17) is 4.74 Å². The molecule has 0 aliphatic rings. The zero-order valence-corrected chi connectivity index (χ0v) is 69.2. The molecule has 0 unspecified atom stereocenters. The maximum absolute atomic E-state index is 13.5. The van der Waals surface area contributed by atoms with Crippen LogP contribution in [0, 0.1) is 12.7 Å². The van der Waals surface area contributed by atoms with E-state index in [-0.39, 0.29) is 73.9 Å². The lowest BCUT2D eigenvalue weighted by molar-refractivity contribution is -0.275. The highest BCUT2D eigenvalue weighted by molar-refractivity contribution is 7.89. The molecule has 1 aromatic heterocycles. The van der Waals surface area contributed by atoms with Crippen molar-refractivity contribution < 1.29 is 142 Å². The average Bonchev–Trinajstić information content (AvgIpc) is 0.805. The molecule has 0 aliphatic heterocycles. The Balaban J connectivity index is 0.000000200. The number of methoxy groups -OCH3 is 1. The Bertz CT molecular complexity index is 5880. The third-order valence-corrected chi connectivity index (χ3v) is 23.4. The first kappa shape index (κ1) is 97.8. The fourth-order valence-electron chi connectivity index (χ4n) is 13.8. The minimum Gasteiger partial charge on any atom is -0.497 e. The van der Waals surface area contributed by atoms with Crippen LogP contribution in [0.4, 0.5) is 83.4 Å². The summed E-state index contributed by atoms with van der Waals surface area (Å²) in [5.74, 6) is -4.08. The van der Waals surface area contributed by atoms with Crippen LogP contribution in [0.5, 0.6) is 40.2 Å². The fourth-order valence-corrected chi connectivity index (χ4v) is 17.3. The van der Waals surface area contributed by atoms with Gasteiger partial charge in [0.15, 0.2) is 5.03 Å². The summed E-state index contributed by atoms with van der Waals surface area (Å²) in [6.45, 7) is 0.143. The first-order chi connectivity index (χ1) is 59.9. The molecule has 12 aromatic rings. The Hall–Kier alpha value is -12.4. The molecule has 18 nitrogen and oxygen atoms in total. The van der Waals surface area contributed by atoms with E-state index in [1.807, 2.05) is 0 Å². The van der Waals surface area contributed by atoms with E-state index in [0.29, 0.717) is 22.5 Å². The van der Waals surface area contributed by atoms with Crippen LogP contribution in [0.3, 0.4) is 0 Å². The molecular weight excluding hydrogens is 1790 g/mol. The van der Waals surface area contributed by atoms with Gasteiger partial charge < -0.3 is 37.7 Å². The van der Waals surface area contributed by atoms with E-state index < -0.39 is 150 Å². The van der Waals surface area contributed by atoms with Crippen LogP contribution < -0.4 is 47.3 Å². The second kappa shape index (κ2) is 40.3. The van der Waals surface area contributed by atoms with Gasteiger partial charge in [-0.1, -0.05) is 182 Å². The highest BCUT2D eigenvalue weighted by Gasteiger charge is 2.44. The molecule has 0 bridgehead atoms. The number of aryl methyl sites for hydroxylation is 2. The number of alkyl halides is 18. The van der Waals surface area contributed by atoms with Gasteiger partial charge in [0.05, 0.1) is 17.8 Å². The summed E-state index contributed by atoms with van der Waals surface area (Å²) < 4.78 is 369. The number of rotatable bonds is 32. The molecule has 11 aromatic carbocycles. The largest absolute Gasteiger partial charge is 0.573 e. The third-order valence-electron chi connectivity index (χ3n) is 19.5. The normalized spacial score (nSPS) is 12.6. The summed E-state index contributed by atoms with van der Waals surface area (Å²) in [6, 6.07) is 64.9. The molecule has 0 saturated carbocycles. The predicted octanol–water partition coefficient (Wildman–Crippen LogP) is 20.3. The number of hydrogen-bond donors (Lipinski definition) is 3. The van der Waals surface area contributed by atoms with Crippen LogP contribution in [-0.2, 0) is 78.4 Å². The Morgan fingerprint density at radius 1 is 0.320 bits per heavy atom. The van der Waals surface area contributed by atoms with Gasteiger partial charge in [-0.25, -0.2) is 48.8 Å². The molecule has 0 spiro atoms. The predicted molar refractivity (Wildman–Crippen MR) is 430 cm³/mol. The molecular formula is C88H74F19N5O13S3. The Kier molecular flexibility index (Phi) is 30.8. The SMILES string of the molecule is COc1cccc(S(=O)(=O)NCC(Cc2ccccc2)(c2cccc(OC(F)(F)F)c2)c2cccc(OC(F)(F)F)c2)c1.Cc1nc(S(=O)(=O)NCC(Cc2ccccc2)(c2cccc(OC(F)(F)F)c2)c2cccc(OC(F)(F)F)c2)cn1C.O=S(=O)(Cc1ccc(F)cc1)NCC(Cc1ccccc1)(c1cccc(OC(F)(F)F)c1)c1cccc(OC(F)(F)F)c1. The quantitative estimate of drug-likeness (QED) is 0.0334. The van der Waals surface area contributed by atoms with Crippen LogP contribution >= 0.6 is 0 Å². The van der Waals surface area contributed by atoms with E-state index in [2.05, 4.69) is 47.6 Å². The number of hydrogen-bond acceptors (Lipinski definition) is 14. The molecule has 12 rings (SSSR count). The zero-order chi connectivity index (χ0) is 93.4. The third kappa shape index (κ3) is 28.6. The van der Waals surface area contributed by atoms with Gasteiger partial charge in [0.25, 0.3) is 10.0 Å². The van der Waals surface area contributed by atoms with E-state index in [1.54, 1.807) is 105 Å². The van der Waals surface area contributed by atoms with Crippen LogP contribution in [-0.4, -0.2) is 99.7 Å². The van der Waals surface area contributed by atoms with E-state index in [1.165, 1.54) is 127 Å². The summed E-state index contributed by atoms with van der Waals surface area (Å²) >= 11 is 0. The molecule has 0 aliphatic carbocycles. The topological polar surface area (TPSA) is 221 Å². The van der Waals surface area contributed by atoms with E-state index in [0.717, 1.165) is 84.9 Å². The average molecular weight is 1870 g/mol. The zero-order valence-electron chi connectivity index (χ0n) is 66.8. The van der Waals surface area contributed by atoms with Crippen LogP contribution in [0.25, 0.3) is 0 Å². The minimum absolute atomic E-state index is 0.0391. The van der Waals surface area contributed by atoms with Gasteiger partial charge >= 0.3 is 38.2 Å². The lowest BCUT2D eigenvalue weighted by Gasteiger charge is -2.36. The maximum Gasteiger partial charge on any atom is 0.573 e. The summed E-state index contributed by atoms with van der Waals surface area (Å²) in [7, 11) is -9.76. The molecule has 128 heavy (non-hydrogen) atoms. The lowest BCUT2D eigenvalue weighted by Crippen LogP contribution is -2.43. The Morgan fingerprint density at radius 2 is 0.594 bits per heavy atom. The monoisotopic (exact) mass is 1870 g/mol. The van der Waals surface area contributed by atoms with Gasteiger partial charge in [-0.05, 0) is 179 Å². The first-order valence-corrected chi connectivity index (χ1v) is 42.1. The molecule has 0 saturated heterocycles. The molecule has 3 N–H and O–H groups in total. The Labute approximate surface area is 721 Å². The van der Waals surface area contributed by atoms with Crippen molar-refractivity contribution in [2.24, 2.45) is 7.05 Å². The lowest BCUT2D eigenvalue weighted by atomic mass is 9.70. The van der Waals surface area contributed by atoms with Crippen molar-refractivity contribution in [3.05, 3.63) is 359 Å². The van der Waals surface area contributed by atoms with Crippen molar-refractivity contribution in [3.63, 3.8) is 0 Å². The second-order valence-corrected chi connectivity index (χ2v) is 33.7. The minimum atomic E-state index is -5.04. The summed E-state index contributed by atoms with van der Waals surface area (Å²) in [5, 5.41) is -0.306. The molecule has 680 valence electrons. The summed E-state index contributed by atoms with van der Waals surface area (Å²) in [5.41, 5.74) is -1.83. The number of sulfonamides is 3. The second-order valence-electron chi connectivity index (χ2n) is 28.5. The van der Waals surface area contributed by atoms with Gasteiger partial charge in [0, 0.05) is 55.2 Å². The van der Waals surface area contributed by atoms with Crippen molar-refractivity contribution in [1.29, 1.82) is 0 Å². The highest BCUT2D eigenvalue weighted by Crippen LogP contribution is 2.45. The van der Waals surface area contributed by atoms with E-state index in [9.17, 15) is 109 Å². The Morgan fingerprint density at radius 3 is 0.867 bits per heavy atom. The van der Waals surface area contributed by atoms with Crippen LogP contribution in [0.1, 0.15) is 61.5 Å². The number of nitrogens with zero attached hydrogens (tertiary/aromatic N) is 2. The molecule has 0 radical (unpaired) electrons. The molecule has 0 atom stereocenters. The van der Waals surface area contributed by atoms with Crippen molar-refractivity contribution in [2.75, 3.05) is 26.7 Å². The first-order valence-electron chi connectivity index (χ1n) is 37.5. The molecule has 0 fully saturated rings. The standard InChI is InChI=1S/C30H24F7NO4S.C30H25F6NO5S.C28H25F6N3O4S/c31-25-14-12-22(13-15-25)19-43(39,40)38-20-28(18-21-6-2-1-3-7-21,23-8-4-10-26(16-23)41-29(32,33)34)24-9-5-11-27(17-24)42-30(35,36)37;1-40-24-12-7-15-27(18-24)43(38,39)37-20-28(19-21-8-3-2-4-9-21,22-10-5-13-25(16-22)41-29(31,32)33)23-11-6-14-26(17-23)42-30(34,35)36;1-19-36-25(17-37(19)2)42(38,39)35-18-26(16-20-8-4-3-5-9-20,21-10-6-12-23(14-21)40-27(29,30)31)22-11-7-13-24(15-22)41-28(32,33)34/h1-17,38H,18-20H2;2-18,37H,19-20H2,1H3;3-15,17,35H,16,18H2,1-2H3. The van der Waals surface area contributed by atoms with Crippen molar-refractivity contribution in [1.82, 2.24) is 23.7 Å². The van der Waals surface area contributed by atoms with E-state index >= 15 is 0 Å². The van der Waals surface area contributed by atoms with Gasteiger partial charge in [-0.15, -0.1) is 79.0 Å². The van der Waals surface area contributed by atoms with Gasteiger partial charge in [0.2, 0.25) is 20.0 Å². The van der Waals surface area contributed by atoms with Crippen LogP contribution in [0.2, 0.25) is 0 Å². The fraction of sp³-hybridized carbons (Fsp3) is 0.216. The van der Waals surface area contributed by atoms with Crippen molar-refractivity contribution >= 4 is 30.1 Å². The number of halogens is 19. The van der Waals surface area contributed by atoms with Crippen molar-refractivity contribution in [2.45, 2.75) is 96.3 Å². The number of ether oxygens (including phenoxy) is 7. The van der Waals surface area contributed by atoms with Crippen LogP contribution in [0.15, 0.2) is 301 Å². The summed E-state index contributed by atoms with van der Waals surface area (Å²) in [4.78, 5) is 3.88. The maximum atomic E-state index is 13.5. The van der Waals surface area contributed by atoms with Gasteiger partial charge in [0.1, 0.15) is 51.9 Å².